The first-order valence-corrected chi connectivity index (χ1v) is 19.2. The SMILES string of the molecule is CC1(C)c2ccccc2-c2ccc(N(c3ccc(-c4ccccc4)cc3)c3ccc(-c4ccc5c(c4)CC4C=CC=CC4N5c4ccccc4)cc3)cc21. The van der Waals surface area contributed by atoms with Crippen molar-refractivity contribution in [2.45, 2.75) is 31.7 Å². The van der Waals surface area contributed by atoms with E-state index in [1.54, 1.807) is 0 Å². The maximum absolute atomic E-state index is 2.52. The molecule has 3 aliphatic rings. The lowest BCUT2D eigenvalue weighted by atomic mass is 9.82. The monoisotopic (exact) mass is 694 g/mol. The molecule has 2 unspecified atom stereocenters. The van der Waals surface area contributed by atoms with Gasteiger partial charge in [-0.15, -0.1) is 0 Å². The Kier molecular flexibility index (Phi) is 7.73. The van der Waals surface area contributed by atoms with Crippen molar-refractivity contribution in [1.82, 2.24) is 0 Å². The van der Waals surface area contributed by atoms with Crippen molar-refractivity contribution in [3.8, 4) is 33.4 Å². The van der Waals surface area contributed by atoms with Crippen LogP contribution in [0.3, 0.4) is 0 Å². The highest BCUT2D eigenvalue weighted by molar-refractivity contribution is 5.86. The summed E-state index contributed by atoms with van der Waals surface area (Å²) in [5.41, 5.74) is 17.6. The first kappa shape index (κ1) is 32.3. The average molecular weight is 695 g/mol. The van der Waals surface area contributed by atoms with E-state index in [9.17, 15) is 0 Å². The molecule has 0 saturated heterocycles. The van der Waals surface area contributed by atoms with Crippen LogP contribution in [-0.4, -0.2) is 6.04 Å². The van der Waals surface area contributed by atoms with Gasteiger partial charge < -0.3 is 9.80 Å². The zero-order valence-corrected chi connectivity index (χ0v) is 30.7. The van der Waals surface area contributed by atoms with Gasteiger partial charge in [-0.1, -0.05) is 147 Å². The molecule has 2 nitrogen and oxygen atoms in total. The van der Waals surface area contributed by atoms with Crippen LogP contribution in [0.2, 0.25) is 0 Å². The van der Waals surface area contributed by atoms with Crippen LogP contribution in [0.15, 0.2) is 194 Å². The van der Waals surface area contributed by atoms with Gasteiger partial charge in [0.15, 0.2) is 0 Å². The minimum atomic E-state index is -0.0824. The second kappa shape index (κ2) is 12.9. The molecule has 1 aliphatic heterocycles. The van der Waals surface area contributed by atoms with Crippen LogP contribution >= 0.6 is 0 Å². The molecule has 0 saturated carbocycles. The first-order chi connectivity index (χ1) is 26.5. The number of fused-ring (bicyclic) bond motifs is 5. The van der Waals surface area contributed by atoms with E-state index in [-0.39, 0.29) is 5.41 Å². The first-order valence-electron chi connectivity index (χ1n) is 19.2. The number of nitrogens with zero attached hydrogens (tertiary/aromatic N) is 2. The molecule has 10 rings (SSSR count). The lowest BCUT2D eigenvalue weighted by Crippen LogP contribution is -2.41. The fourth-order valence-corrected chi connectivity index (χ4v) is 9.10. The largest absolute Gasteiger partial charge is 0.334 e. The number of benzene rings is 7. The fraction of sp³-hybridized carbons (Fsp3) is 0.115. The molecule has 0 fully saturated rings. The van der Waals surface area contributed by atoms with Gasteiger partial charge in [-0.25, -0.2) is 0 Å². The van der Waals surface area contributed by atoms with Crippen molar-refractivity contribution in [2.75, 3.05) is 9.80 Å². The van der Waals surface area contributed by atoms with Crippen molar-refractivity contribution in [3.05, 3.63) is 211 Å². The molecule has 0 amide bonds. The van der Waals surface area contributed by atoms with Crippen LogP contribution in [0.1, 0.15) is 30.5 Å². The van der Waals surface area contributed by atoms with Gasteiger partial charge >= 0.3 is 0 Å². The van der Waals surface area contributed by atoms with E-state index in [4.69, 9.17) is 0 Å². The third-order valence-corrected chi connectivity index (χ3v) is 11.9. The van der Waals surface area contributed by atoms with Crippen molar-refractivity contribution >= 4 is 28.4 Å². The Hall–Kier alpha value is -6.38. The molecular formula is C52H42N2. The summed E-state index contributed by atoms with van der Waals surface area (Å²) in [6.45, 7) is 4.71. The van der Waals surface area contributed by atoms with Gasteiger partial charge in [-0.3, -0.25) is 0 Å². The highest BCUT2D eigenvalue weighted by atomic mass is 15.2. The Balaban J connectivity index is 1.03. The highest BCUT2D eigenvalue weighted by Crippen LogP contribution is 2.51. The predicted molar refractivity (Wildman–Crippen MR) is 227 cm³/mol. The zero-order valence-electron chi connectivity index (χ0n) is 30.7. The van der Waals surface area contributed by atoms with Crippen molar-refractivity contribution in [1.29, 1.82) is 0 Å². The standard InChI is InChI=1S/C52H42N2/c1-52(2)48-19-11-10-18-46(48)47-31-30-45(35-49(47)52)53(43-26-21-37(22-27-43)36-13-5-3-6-14-36)44-28-23-38(24-29-44)39-25-32-51-41(33-39)34-40-15-9-12-20-50(40)54(51)42-16-7-4-8-17-42/h3-33,35,40,50H,34H2,1-2H3. The van der Waals surface area contributed by atoms with E-state index in [2.05, 4.69) is 218 Å². The van der Waals surface area contributed by atoms with E-state index in [0.29, 0.717) is 12.0 Å². The van der Waals surface area contributed by atoms with Crippen molar-refractivity contribution in [3.63, 3.8) is 0 Å². The molecule has 54 heavy (non-hydrogen) atoms. The Morgan fingerprint density at radius 2 is 1.07 bits per heavy atom. The Morgan fingerprint density at radius 3 is 1.81 bits per heavy atom. The number of para-hydroxylation sites is 1. The summed E-state index contributed by atoms with van der Waals surface area (Å²) in [7, 11) is 0. The molecule has 2 heteroatoms. The Morgan fingerprint density at radius 1 is 0.500 bits per heavy atom. The van der Waals surface area contributed by atoms with Crippen LogP contribution in [0, 0.1) is 5.92 Å². The van der Waals surface area contributed by atoms with Crippen molar-refractivity contribution in [2.24, 2.45) is 5.92 Å². The normalized spacial score (nSPS) is 17.3. The Labute approximate surface area is 319 Å². The third-order valence-electron chi connectivity index (χ3n) is 11.9. The summed E-state index contributed by atoms with van der Waals surface area (Å²) >= 11 is 0. The molecule has 0 spiro atoms. The van der Waals surface area contributed by atoms with E-state index in [1.807, 2.05) is 0 Å². The summed E-state index contributed by atoms with van der Waals surface area (Å²) in [4.78, 5) is 4.93. The molecule has 260 valence electrons. The lowest BCUT2D eigenvalue weighted by molar-refractivity contribution is 0.533. The number of allylic oxidation sites excluding steroid dienone is 2. The van der Waals surface area contributed by atoms with Gasteiger partial charge in [-0.05, 0) is 117 Å². The minimum absolute atomic E-state index is 0.0824. The smallest absolute Gasteiger partial charge is 0.0591 e. The highest BCUT2D eigenvalue weighted by Gasteiger charge is 2.36. The van der Waals surface area contributed by atoms with Gasteiger partial charge in [0, 0.05) is 39.8 Å². The number of anilines is 5. The second-order valence-corrected chi connectivity index (χ2v) is 15.4. The fourth-order valence-electron chi connectivity index (χ4n) is 9.10. The molecule has 0 radical (unpaired) electrons. The van der Waals surface area contributed by atoms with E-state index in [1.165, 1.54) is 61.4 Å². The molecule has 0 N–H and O–H groups in total. The summed E-state index contributed by atoms with van der Waals surface area (Å²) in [6, 6.07) is 62.9. The maximum Gasteiger partial charge on any atom is 0.0591 e. The molecule has 2 aliphatic carbocycles. The van der Waals surface area contributed by atoms with Crippen LogP contribution in [0.4, 0.5) is 28.4 Å². The van der Waals surface area contributed by atoms with Gasteiger partial charge in [0.2, 0.25) is 0 Å². The molecular weight excluding hydrogens is 653 g/mol. The number of rotatable bonds is 6. The van der Waals surface area contributed by atoms with E-state index >= 15 is 0 Å². The summed E-state index contributed by atoms with van der Waals surface area (Å²) in [5.74, 6) is 0.437. The average Bonchev–Trinajstić information content (AvgIpc) is 3.46. The van der Waals surface area contributed by atoms with Crippen LogP contribution < -0.4 is 9.80 Å². The lowest BCUT2D eigenvalue weighted by Gasteiger charge is -2.42. The van der Waals surface area contributed by atoms with Gasteiger partial charge in [0.1, 0.15) is 0 Å². The molecule has 0 aromatic heterocycles. The van der Waals surface area contributed by atoms with Gasteiger partial charge in [0.05, 0.1) is 6.04 Å². The van der Waals surface area contributed by atoms with Crippen LogP contribution in [0.25, 0.3) is 33.4 Å². The Bertz CT molecular complexity index is 2540. The molecule has 1 heterocycles. The van der Waals surface area contributed by atoms with Crippen LogP contribution in [-0.2, 0) is 11.8 Å². The maximum atomic E-state index is 2.52. The van der Waals surface area contributed by atoms with Gasteiger partial charge in [-0.2, -0.15) is 0 Å². The molecule has 0 bridgehead atoms. The minimum Gasteiger partial charge on any atom is -0.334 e. The number of hydrogen-bond donors (Lipinski definition) is 0. The second-order valence-electron chi connectivity index (χ2n) is 15.4. The third kappa shape index (κ3) is 5.41. The molecule has 7 aromatic rings. The summed E-state index contributed by atoms with van der Waals surface area (Å²) in [5, 5.41) is 0. The van der Waals surface area contributed by atoms with E-state index < -0.39 is 0 Å². The van der Waals surface area contributed by atoms with Crippen molar-refractivity contribution < 1.29 is 0 Å². The predicted octanol–water partition coefficient (Wildman–Crippen LogP) is 13.6. The van der Waals surface area contributed by atoms with E-state index in [0.717, 1.165) is 23.5 Å². The summed E-state index contributed by atoms with van der Waals surface area (Å²) < 4.78 is 0. The zero-order chi connectivity index (χ0) is 36.2. The van der Waals surface area contributed by atoms with Crippen LogP contribution in [0.5, 0.6) is 0 Å². The molecule has 7 aromatic carbocycles. The van der Waals surface area contributed by atoms with Gasteiger partial charge in [0.25, 0.3) is 0 Å². The number of hydrogen-bond acceptors (Lipinski definition) is 2. The molecule has 2 atom stereocenters. The quantitative estimate of drug-likeness (QED) is 0.171. The topological polar surface area (TPSA) is 6.48 Å². The summed E-state index contributed by atoms with van der Waals surface area (Å²) in [6.07, 6.45) is 10.2.